The van der Waals surface area contributed by atoms with Crippen LogP contribution in [0.3, 0.4) is 0 Å². The molecule has 0 saturated heterocycles. The summed E-state index contributed by atoms with van der Waals surface area (Å²) in [5.74, 6) is 0. The normalized spacial score (nSPS) is 19.0. The van der Waals surface area contributed by atoms with Crippen molar-refractivity contribution < 1.29 is 0 Å². The van der Waals surface area contributed by atoms with Crippen LogP contribution in [0.25, 0.3) is 0 Å². The molecule has 0 atom stereocenters. The van der Waals surface area contributed by atoms with E-state index in [0.29, 0.717) is 11.7 Å². The fraction of sp³-hybridized carbons (Fsp3) is 0.143. The lowest BCUT2D eigenvalue weighted by Gasteiger charge is -2.03. The van der Waals surface area contributed by atoms with Gasteiger partial charge >= 0.3 is 0 Å². The van der Waals surface area contributed by atoms with Crippen LogP contribution in [0.5, 0.6) is 0 Å². The third-order valence-corrected chi connectivity index (χ3v) is 1.72. The molecule has 0 aromatic rings. The van der Waals surface area contributed by atoms with Crippen LogP contribution in [0.15, 0.2) is 32.6 Å². The zero-order valence-corrected chi connectivity index (χ0v) is 7.73. The molecule has 0 aromatic carbocycles. The van der Waals surface area contributed by atoms with Crippen LogP contribution in [0.4, 0.5) is 0 Å². The molecule has 0 fully saturated rings. The van der Waals surface area contributed by atoms with Crippen LogP contribution in [0, 0.1) is 0 Å². The summed E-state index contributed by atoms with van der Waals surface area (Å²) in [7, 11) is 0. The molecule has 1 aliphatic rings. The fourth-order valence-corrected chi connectivity index (χ4v) is 1.08. The van der Waals surface area contributed by atoms with E-state index in [2.05, 4.69) is 22.0 Å². The van der Waals surface area contributed by atoms with E-state index in [0.717, 1.165) is 5.70 Å². The Hall–Kier alpha value is -0.800. The molecule has 1 aliphatic heterocycles. The molecule has 0 spiro atoms. The van der Waals surface area contributed by atoms with Gasteiger partial charge in [0.15, 0.2) is 5.16 Å². The van der Waals surface area contributed by atoms with E-state index >= 15 is 0 Å². The van der Waals surface area contributed by atoms with Gasteiger partial charge in [0.25, 0.3) is 0 Å². The van der Waals surface area contributed by atoms with Gasteiger partial charge in [-0.2, -0.15) is 0 Å². The number of hydrogen-bond acceptors (Lipinski definition) is 3. The Labute approximate surface area is 80.5 Å². The van der Waals surface area contributed by atoms with Crippen LogP contribution >= 0.6 is 23.2 Å². The highest BCUT2D eigenvalue weighted by molar-refractivity contribution is 6.30. The van der Waals surface area contributed by atoms with Crippen molar-refractivity contribution in [1.29, 1.82) is 0 Å². The average Bonchev–Trinajstić information content (AvgIpc) is 2.52. The maximum atomic E-state index is 5.71. The first-order valence-electron chi connectivity index (χ1n) is 3.20. The highest BCUT2D eigenvalue weighted by atomic mass is 35.5. The van der Waals surface area contributed by atoms with Gasteiger partial charge in [-0.25, -0.2) is 0 Å². The van der Waals surface area contributed by atoms with Crippen molar-refractivity contribution in [3.05, 3.63) is 22.6 Å². The molecule has 64 valence electrons. The minimum absolute atomic E-state index is 0.271. The van der Waals surface area contributed by atoms with Crippen LogP contribution in [-0.4, -0.2) is 18.9 Å². The van der Waals surface area contributed by atoms with Crippen LogP contribution in [-0.2, 0) is 0 Å². The number of allylic oxidation sites excluding steroid dienone is 1. The highest BCUT2D eigenvalue weighted by Crippen LogP contribution is 2.21. The lowest BCUT2D eigenvalue weighted by Crippen LogP contribution is -2.10. The van der Waals surface area contributed by atoms with E-state index in [1.807, 2.05) is 0 Å². The SMILES string of the molecule is C=N/C(Cl)=C1/N=CC=C1NCCl. The van der Waals surface area contributed by atoms with Crippen LogP contribution < -0.4 is 5.32 Å². The minimum atomic E-state index is 0.271. The Morgan fingerprint density at radius 2 is 2.50 bits per heavy atom. The first kappa shape index (κ1) is 9.29. The molecule has 0 radical (unpaired) electrons. The molecule has 0 bridgehead atoms. The lowest BCUT2D eigenvalue weighted by atomic mass is 10.3. The van der Waals surface area contributed by atoms with E-state index < -0.39 is 0 Å². The molecule has 0 amide bonds. The van der Waals surface area contributed by atoms with Crippen molar-refractivity contribution >= 4 is 36.1 Å². The summed E-state index contributed by atoms with van der Waals surface area (Å²) in [6.45, 7) is 3.30. The van der Waals surface area contributed by atoms with Crippen LogP contribution in [0.1, 0.15) is 0 Å². The number of alkyl halides is 1. The van der Waals surface area contributed by atoms with E-state index in [1.54, 1.807) is 12.3 Å². The summed E-state index contributed by atoms with van der Waals surface area (Å²) in [6, 6.07) is 0.306. The average molecular weight is 204 g/mol. The summed E-state index contributed by atoms with van der Waals surface area (Å²) in [4.78, 5) is 7.54. The lowest BCUT2D eigenvalue weighted by molar-refractivity contribution is 0.961. The predicted molar refractivity (Wildman–Crippen MR) is 52.9 cm³/mol. The molecule has 1 N–H and O–H groups in total. The number of hydrogen-bond donors (Lipinski definition) is 1. The smallest absolute Gasteiger partial charge is 0.156 e. The molecule has 0 aromatic heterocycles. The van der Waals surface area contributed by atoms with Crippen molar-refractivity contribution in [3.8, 4) is 0 Å². The second kappa shape index (κ2) is 4.28. The van der Waals surface area contributed by atoms with E-state index in [4.69, 9.17) is 23.2 Å². The molecule has 0 saturated carbocycles. The van der Waals surface area contributed by atoms with E-state index in [1.165, 1.54) is 0 Å². The zero-order chi connectivity index (χ0) is 8.97. The first-order valence-corrected chi connectivity index (χ1v) is 4.12. The zero-order valence-electron chi connectivity index (χ0n) is 6.22. The van der Waals surface area contributed by atoms with Gasteiger partial charge in [-0.05, 0) is 12.8 Å². The maximum absolute atomic E-state index is 5.71. The number of nitrogens with zero attached hydrogens (tertiary/aromatic N) is 2. The van der Waals surface area contributed by atoms with Crippen molar-refractivity contribution in [2.75, 3.05) is 6.00 Å². The Bertz CT molecular complexity index is 278. The van der Waals surface area contributed by atoms with E-state index in [9.17, 15) is 0 Å². The minimum Gasteiger partial charge on any atom is -0.370 e. The summed E-state index contributed by atoms with van der Waals surface area (Å²) in [5.41, 5.74) is 1.34. The Balaban J connectivity index is 2.86. The predicted octanol–water partition coefficient (Wildman–Crippen LogP) is 1.85. The van der Waals surface area contributed by atoms with Gasteiger partial charge in [-0.3, -0.25) is 9.98 Å². The number of nitrogens with one attached hydrogen (secondary N) is 1. The number of halogens is 2. The third-order valence-electron chi connectivity index (χ3n) is 1.29. The molecule has 3 nitrogen and oxygen atoms in total. The third kappa shape index (κ3) is 1.87. The number of aliphatic imine (C=N–C) groups is 2. The molecule has 1 heterocycles. The second-order valence-electron chi connectivity index (χ2n) is 1.97. The van der Waals surface area contributed by atoms with Gasteiger partial charge in [0, 0.05) is 6.21 Å². The molecule has 12 heavy (non-hydrogen) atoms. The second-order valence-corrected chi connectivity index (χ2v) is 2.59. The Morgan fingerprint density at radius 3 is 3.08 bits per heavy atom. The van der Waals surface area contributed by atoms with Gasteiger partial charge < -0.3 is 5.32 Å². The quantitative estimate of drug-likeness (QED) is 0.425. The van der Waals surface area contributed by atoms with Gasteiger partial charge in [0.1, 0.15) is 5.70 Å². The summed E-state index contributed by atoms with van der Waals surface area (Å²) in [6.07, 6.45) is 3.39. The highest BCUT2D eigenvalue weighted by Gasteiger charge is 2.10. The standard InChI is InChI=1S/C7H7Cl2N3/c1-10-7(9)6-5(12-4-8)2-3-11-6/h2-3,12H,1,4H2/b7-6+. The molecular formula is C7H7Cl2N3. The summed E-state index contributed by atoms with van der Waals surface area (Å²) >= 11 is 11.2. The van der Waals surface area contributed by atoms with Crippen molar-refractivity contribution in [2.45, 2.75) is 0 Å². The molecule has 1 rings (SSSR count). The Kier molecular flexibility index (Phi) is 3.31. The monoisotopic (exact) mass is 203 g/mol. The molecule has 5 heteroatoms. The van der Waals surface area contributed by atoms with Crippen molar-refractivity contribution in [3.63, 3.8) is 0 Å². The van der Waals surface area contributed by atoms with Gasteiger partial charge in [-0.1, -0.05) is 11.6 Å². The molecular weight excluding hydrogens is 197 g/mol. The summed E-state index contributed by atoms with van der Waals surface area (Å²) in [5, 5.41) is 3.15. The largest absolute Gasteiger partial charge is 0.370 e. The van der Waals surface area contributed by atoms with Gasteiger partial charge in [0.05, 0.1) is 11.7 Å². The maximum Gasteiger partial charge on any atom is 0.156 e. The first-order chi connectivity index (χ1) is 5.79. The van der Waals surface area contributed by atoms with E-state index in [-0.39, 0.29) is 5.16 Å². The van der Waals surface area contributed by atoms with Gasteiger partial charge in [0.2, 0.25) is 0 Å². The van der Waals surface area contributed by atoms with Crippen molar-refractivity contribution in [1.82, 2.24) is 5.32 Å². The summed E-state index contributed by atoms with van der Waals surface area (Å²) < 4.78 is 0. The number of rotatable bonds is 3. The molecule has 0 aliphatic carbocycles. The van der Waals surface area contributed by atoms with Crippen LogP contribution in [0.2, 0.25) is 0 Å². The Morgan fingerprint density at radius 1 is 1.75 bits per heavy atom. The van der Waals surface area contributed by atoms with Gasteiger partial charge in [-0.15, -0.1) is 11.6 Å². The molecule has 0 unspecified atom stereocenters. The van der Waals surface area contributed by atoms with Crippen molar-refractivity contribution in [2.24, 2.45) is 9.98 Å². The fourth-order valence-electron chi connectivity index (χ4n) is 0.789. The topological polar surface area (TPSA) is 36.8 Å².